The van der Waals surface area contributed by atoms with E-state index in [0.29, 0.717) is 25.0 Å². The van der Waals surface area contributed by atoms with Crippen molar-refractivity contribution in [1.82, 2.24) is 0 Å². The average molecular weight is 236 g/mol. The second-order valence-corrected chi connectivity index (χ2v) is 5.27. The van der Waals surface area contributed by atoms with Gasteiger partial charge in [-0.15, -0.1) is 0 Å². The van der Waals surface area contributed by atoms with Gasteiger partial charge in [-0.25, -0.2) is 0 Å². The molecule has 96 valence electrons. The summed E-state index contributed by atoms with van der Waals surface area (Å²) in [6.45, 7) is 9.60. The zero-order valence-corrected chi connectivity index (χ0v) is 11.3. The van der Waals surface area contributed by atoms with E-state index in [0.717, 1.165) is 5.56 Å². The van der Waals surface area contributed by atoms with Crippen LogP contribution in [0, 0.1) is 5.92 Å². The lowest BCUT2D eigenvalue weighted by atomic mass is 10.0. The summed E-state index contributed by atoms with van der Waals surface area (Å²) >= 11 is 0. The second-order valence-electron chi connectivity index (χ2n) is 5.27. The molecule has 0 aliphatic rings. The molecule has 1 aromatic carbocycles. The van der Waals surface area contributed by atoms with Gasteiger partial charge in [0.25, 0.3) is 0 Å². The fourth-order valence-corrected chi connectivity index (χ4v) is 1.61. The number of ether oxygens (including phenoxy) is 1. The average Bonchev–Trinajstić information content (AvgIpc) is 2.28. The van der Waals surface area contributed by atoms with Crippen molar-refractivity contribution < 1.29 is 9.84 Å². The summed E-state index contributed by atoms with van der Waals surface area (Å²) in [5.41, 5.74) is 2.22. The van der Waals surface area contributed by atoms with Gasteiger partial charge in [-0.2, -0.15) is 0 Å². The topological polar surface area (TPSA) is 29.5 Å². The summed E-state index contributed by atoms with van der Waals surface area (Å²) in [6.07, 6.45) is -0.519. The molecule has 1 rings (SSSR count). The Bertz CT molecular complexity index is 314. The molecule has 0 bridgehead atoms. The van der Waals surface area contributed by atoms with Crippen molar-refractivity contribution in [3.05, 3.63) is 35.4 Å². The van der Waals surface area contributed by atoms with Crippen LogP contribution in [-0.4, -0.2) is 18.3 Å². The van der Waals surface area contributed by atoms with Crippen molar-refractivity contribution in [3.8, 4) is 0 Å². The molecule has 1 N–H and O–H groups in total. The third-order valence-corrected chi connectivity index (χ3v) is 2.71. The first kappa shape index (κ1) is 14.2. The third kappa shape index (κ3) is 4.88. The van der Waals surface area contributed by atoms with Crippen molar-refractivity contribution in [2.75, 3.05) is 13.2 Å². The Balaban J connectivity index is 2.48. The highest BCUT2D eigenvalue weighted by molar-refractivity contribution is 5.26. The van der Waals surface area contributed by atoms with Crippen LogP contribution in [0.3, 0.4) is 0 Å². The summed E-state index contributed by atoms with van der Waals surface area (Å²) in [5, 5.41) is 9.94. The standard InChI is InChI=1S/C15H24O2/c1-11(2)9-17-10-15(16)14-7-5-13(6-8-14)12(3)4/h5-8,11-12,15-16H,9-10H2,1-4H3. The molecule has 0 spiro atoms. The molecule has 17 heavy (non-hydrogen) atoms. The van der Waals surface area contributed by atoms with Gasteiger partial charge < -0.3 is 9.84 Å². The first-order chi connectivity index (χ1) is 8.00. The molecular weight excluding hydrogens is 212 g/mol. The van der Waals surface area contributed by atoms with Crippen molar-refractivity contribution in [2.45, 2.75) is 39.7 Å². The Morgan fingerprint density at radius 3 is 1.94 bits per heavy atom. The lowest BCUT2D eigenvalue weighted by molar-refractivity contribution is 0.0250. The van der Waals surface area contributed by atoms with E-state index in [-0.39, 0.29) is 0 Å². The Labute approximate surface area is 105 Å². The fraction of sp³-hybridized carbons (Fsp3) is 0.600. The van der Waals surface area contributed by atoms with Crippen LogP contribution in [0.5, 0.6) is 0 Å². The van der Waals surface area contributed by atoms with Crippen molar-refractivity contribution in [3.63, 3.8) is 0 Å². The highest BCUT2D eigenvalue weighted by Gasteiger charge is 2.08. The number of rotatable bonds is 6. The Morgan fingerprint density at radius 1 is 0.941 bits per heavy atom. The Hall–Kier alpha value is -0.860. The van der Waals surface area contributed by atoms with Crippen LogP contribution in [-0.2, 0) is 4.74 Å². The molecule has 0 saturated carbocycles. The molecule has 1 aromatic rings. The van der Waals surface area contributed by atoms with E-state index >= 15 is 0 Å². The highest BCUT2D eigenvalue weighted by Crippen LogP contribution is 2.19. The molecular formula is C15H24O2. The third-order valence-electron chi connectivity index (χ3n) is 2.71. The van der Waals surface area contributed by atoms with Crippen molar-refractivity contribution in [1.29, 1.82) is 0 Å². The Morgan fingerprint density at radius 2 is 1.47 bits per heavy atom. The molecule has 0 heterocycles. The molecule has 2 nitrogen and oxygen atoms in total. The van der Waals surface area contributed by atoms with Gasteiger partial charge in [-0.05, 0) is 23.0 Å². The van der Waals surface area contributed by atoms with Gasteiger partial charge >= 0.3 is 0 Å². The first-order valence-corrected chi connectivity index (χ1v) is 6.36. The van der Waals surface area contributed by atoms with Gasteiger partial charge in [-0.1, -0.05) is 52.0 Å². The maximum atomic E-state index is 9.94. The number of aliphatic hydroxyl groups excluding tert-OH is 1. The van der Waals surface area contributed by atoms with Crippen LogP contribution >= 0.6 is 0 Å². The lowest BCUT2D eigenvalue weighted by Gasteiger charge is -2.14. The van der Waals surface area contributed by atoms with Gasteiger partial charge in [0, 0.05) is 6.61 Å². The second kappa shape index (κ2) is 6.77. The minimum Gasteiger partial charge on any atom is -0.386 e. The lowest BCUT2D eigenvalue weighted by Crippen LogP contribution is -2.10. The van der Waals surface area contributed by atoms with E-state index < -0.39 is 6.10 Å². The SMILES string of the molecule is CC(C)COCC(O)c1ccc(C(C)C)cc1. The van der Waals surface area contributed by atoms with Crippen molar-refractivity contribution in [2.24, 2.45) is 5.92 Å². The molecule has 0 fully saturated rings. The summed E-state index contributed by atoms with van der Waals surface area (Å²) < 4.78 is 5.44. The van der Waals surface area contributed by atoms with Crippen LogP contribution in [0.2, 0.25) is 0 Å². The predicted octanol–water partition coefficient (Wildman–Crippen LogP) is 3.52. The van der Waals surface area contributed by atoms with Crippen molar-refractivity contribution >= 4 is 0 Å². The molecule has 0 aliphatic carbocycles. The summed E-state index contributed by atoms with van der Waals surface area (Å²) in [5.74, 6) is 1.03. The largest absolute Gasteiger partial charge is 0.386 e. The zero-order valence-electron chi connectivity index (χ0n) is 11.3. The maximum Gasteiger partial charge on any atom is 0.102 e. The van der Waals surface area contributed by atoms with Gasteiger partial charge in [0.05, 0.1) is 6.61 Å². The molecule has 0 saturated heterocycles. The molecule has 1 atom stereocenters. The minimum atomic E-state index is -0.519. The normalized spacial score (nSPS) is 13.4. The summed E-state index contributed by atoms with van der Waals surface area (Å²) in [6, 6.07) is 8.12. The Kier molecular flexibility index (Phi) is 5.66. The number of hydrogen-bond acceptors (Lipinski definition) is 2. The molecule has 2 heteroatoms. The minimum absolute atomic E-state index is 0.374. The quantitative estimate of drug-likeness (QED) is 0.819. The van der Waals surface area contributed by atoms with E-state index in [1.807, 2.05) is 12.1 Å². The number of benzene rings is 1. The molecule has 0 radical (unpaired) electrons. The monoisotopic (exact) mass is 236 g/mol. The van der Waals surface area contributed by atoms with E-state index in [4.69, 9.17) is 4.74 Å². The van der Waals surface area contributed by atoms with Gasteiger partial charge in [0.2, 0.25) is 0 Å². The summed E-state index contributed by atoms with van der Waals surface area (Å²) in [7, 11) is 0. The number of aliphatic hydroxyl groups is 1. The van der Waals surface area contributed by atoms with Gasteiger partial charge in [0.1, 0.15) is 6.10 Å². The molecule has 0 aromatic heterocycles. The first-order valence-electron chi connectivity index (χ1n) is 6.36. The van der Waals surface area contributed by atoms with E-state index in [2.05, 4.69) is 39.8 Å². The smallest absolute Gasteiger partial charge is 0.102 e. The molecule has 0 amide bonds. The van der Waals surface area contributed by atoms with Crippen LogP contribution in [0.15, 0.2) is 24.3 Å². The van der Waals surface area contributed by atoms with Crippen LogP contribution < -0.4 is 0 Å². The fourth-order valence-electron chi connectivity index (χ4n) is 1.61. The van der Waals surface area contributed by atoms with Crippen LogP contribution in [0.1, 0.15) is 50.8 Å². The van der Waals surface area contributed by atoms with E-state index in [1.54, 1.807) is 0 Å². The summed E-state index contributed by atoms with van der Waals surface area (Å²) in [4.78, 5) is 0. The molecule has 0 aliphatic heterocycles. The molecule has 1 unspecified atom stereocenters. The van der Waals surface area contributed by atoms with Crippen LogP contribution in [0.4, 0.5) is 0 Å². The zero-order chi connectivity index (χ0) is 12.8. The number of hydrogen-bond donors (Lipinski definition) is 1. The van der Waals surface area contributed by atoms with Gasteiger partial charge in [-0.3, -0.25) is 0 Å². The predicted molar refractivity (Wildman–Crippen MR) is 71.1 cm³/mol. The van der Waals surface area contributed by atoms with E-state index in [1.165, 1.54) is 5.56 Å². The van der Waals surface area contributed by atoms with Gasteiger partial charge in [0.15, 0.2) is 0 Å². The maximum absolute atomic E-state index is 9.94. The van der Waals surface area contributed by atoms with Crippen LogP contribution in [0.25, 0.3) is 0 Å². The van der Waals surface area contributed by atoms with E-state index in [9.17, 15) is 5.11 Å². The highest BCUT2D eigenvalue weighted by atomic mass is 16.5.